The molecule has 0 bridgehead atoms. The molecule has 0 unspecified atom stereocenters. The molecule has 1 aromatic heterocycles. The van der Waals surface area contributed by atoms with Crippen LogP contribution in [0.15, 0.2) is 39.5 Å². The topological polar surface area (TPSA) is 99.9 Å². The number of sulfonamides is 1. The van der Waals surface area contributed by atoms with Crippen molar-refractivity contribution in [2.24, 2.45) is 4.99 Å². The maximum absolute atomic E-state index is 12.4. The van der Waals surface area contributed by atoms with Crippen LogP contribution in [-0.4, -0.2) is 35.1 Å². The molecule has 0 amide bonds. The summed E-state index contributed by atoms with van der Waals surface area (Å²) in [4.78, 5) is 18.9. The van der Waals surface area contributed by atoms with Gasteiger partial charge in [0.1, 0.15) is 11.2 Å². The first kappa shape index (κ1) is 13.7. The van der Waals surface area contributed by atoms with Gasteiger partial charge < -0.3 is 5.11 Å². The van der Waals surface area contributed by atoms with Crippen molar-refractivity contribution in [1.82, 2.24) is 9.29 Å². The molecular weight excluding hydrogens is 314 g/mol. The monoisotopic (exact) mass is 323 g/mol. The predicted octanol–water partition coefficient (Wildman–Crippen LogP) is 1.71. The number of fused-ring (bicyclic) bond motifs is 1. The second-order valence-electron chi connectivity index (χ2n) is 4.21. The highest BCUT2D eigenvalue weighted by Crippen LogP contribution is 2.30. The third-order valence-corrected chi connectivity index (χ3v) is 5.45. The summed E-state index contributed by atoms with van der Waals surface area (Å²) in [5.41, 5.74) is 0.755. The van der Waals surface area contributed by atoms with Gasteiger partial charge in [-0.3, -0.25) is 4.31 Å². The van der Waals surface area contributed by atoms with Crippen molar-refractivity contribution in [2.75, 3.05) is 0 Å². The number of aliphatic imine (C=N–C) groups is 1. The summed E-state index contributed by atoms with van der Waals surface area (Å²) in [5, 5.41) is 10.3. The Morgan fingerprint density at radius 1 is 1.33 bits per heavy atom. The van der Waals surface area contributed by atoms with Gasteiger partial charge in [-0.15, -0.1) is 11.3 Å². The van der Waals surface area contributed by atoms with Gasteiger partial charge in [0.2, 0.25) is 5.01 Å². The lowest BCUT2D eigenvalue weighted by atomic mass is 10.3. The summed E-state index contributed by atoms with van der Waals surface area (Å²) >= 11 is 0.955. The Morgan fingerprint density at radius 3 is 2.81 bits per heavy atom. The number of rotatable bonds is 3. The molecule has 0 spiro atoms. The number of para-hydroxylation sites is 1. The van der Waals surface area contributed by atoms with E-state index in [1.807, 2.05) is 0 Å². The van der Waals surface area contributed by atoms with Crippen LogP contribution in [0, 0.1) is 0 Å². The fraction of sp³-hybridized carbons (Fsp3) is 0.0833. The van der Waals surface area contributed by atoms with Crippen molar-refractivity contribution in [2.45, 2.75) is 11.4 Å². The number of nitrogens with zero attached hydrogens (tertiary/aromatic N) is 3. The second kappa shape index (κ2) is 4.93. The zero-order chi connectivity index (χ0) is 15.0. The van der Waals surface area contributed by atoms with Gasteiger partial charge in [0.05, 0.1) is 17.9 Å². The Balaban J connectivity index is 1.92. The molecule has 1 aliphatic rings. The van der Waals surface area contributed by atoms with E-state index >= 15 is 0 Å². The van der Waals surface area contributed by atoms with Crippen LogP contribution < -0.4 is 0 Å². The van der Waals surface area contributed by atoms with Gasteiger partial charge in [-0.25, -0.2) is 23.2 Å². The standard InChI is InChI=1S/C12H9N3O4S2/c16-12(17)11-14-8(6-20-11)5-15-7-13-9-3-1-2-4-10(9)21(15,18)19/h1-4,6-7H,5H2,(H,16,17). The molecule has 2 heterocycles. The summed E-state index contributed by atoms with van der Waals surface area (Å²) in [5.74, 6) is -1.13. The number of thiazole rings is 1. The summed E-state index contributed by atoms with van der Waals surface area (Å²) in [7, 11) is -3.69. The highest BCUT2D eigenvalue weighted by Gasteiger charge is 2.29. The van der Waals surface area contributed by atoms with Gasteiger partial charge in [0.25, 0.3) is 10.0 Å². The van der Waals surface area contributed by atoms with Crippen LogP contribution in [0.3, 0.4) is 0 Å². The molecule has 7 nitrogen and oxygen atoms in total. The second-order valence-corrected chi connectivity index (χ2v) is 6.93. The van der Waals surface area contributed by atoms with Crippen LogP contribution in [-0.2, 0) is 16.6 Å². The molecule has 9 heteroatoms. The number of carbonyl (C=O) groups is 1. The predicted molar refractivity (Wildman–Crippen MR) is 76.4 cm³/mol. The molecule has 0 saturated carbocycles. The third kappa shape index (κ3) is 2.41. The Morgan fingerprint density at radius 2 is 2.10 bits per heavy atom. The molecule has 1 aromatic carbocycles. The minimum Gasteiger partial charge on any atom is -0.476 e. The molecular formula is C12H9N3O4S2. The number of hydrogen-bond donors (Lipinski definition) is 1. The molecule has 0 radical (unpaired) electrons. The van der Waals surface area contributed by atoms with Crippen molar-refractivity contribution in [3.63, 3.8) is 0 Å². The lowest BCUT2D eigenvalue weighted by molar-refractivity contribution is 0.0696. The van der Waals surface area contributed by atoms with Crippen molar-refractivity contribution in [1.29, 1.82) is 0 Å². The molecule has 108 valence electrons. The van der Waals surface area contributed by atoms with Crippen LogP contribution in [0.4, 0.5) is 5.69 Å². The zero-order valence-corrected chi connectivity index (χ0v) is 12.1. The molecule has 2 aromatic rings. The van der Waals surface area contributed by atoms with E-state index in [2.05, 4.69) is 9.98 Å². The first-order chi connectivity index (χ1) is 9.98. The molecule has 0 fully saturated rings. The smallest absolute Gasteiger partial charge is 0.365 e. The van der Waals surface area contributed by atoms with E-state index in [0.29, 0.717) is 11.4 Å². The van der Waals surface area contributed by atoms with Crippen molar-refractivity contribution in [3.05, 3.63) is 40.3 Å². The molecule has 0 atom stereocenters. The van der Waals surface area contributed by atoms with Gasteiger partial charge in [-0.05, 0) is 12.1 Å². The largest absolute Gasteiger partial charge is 0.476 e. The minimum atomic E-state index is -3.69. The van der Waals surface area contributed by atoms with Gasteiger partial charge >= 0.3 is 5.97 Å². The van der Waals surface area contributed by atoms with E-state index in [-0.39, 0.29) is 16.4 Å². The van der Waals surface area contributed by atoms with Crippen LogP contribution >= 0.6 is 11.3 Å². The number of hydrogen-bond acceptors (Lipinski definition) is 6. The number of aromatic carboxylic acids is 1. The van der Waals surface area contributed by atoms with Crippen LogP contribution in [0.25, 0.3) is 0 Å². The maximum atomic E-state index is 12.4. The Bertz CT molecular complexity index is 842. The minimum absolute atomic E-state index is 0.0516. The quantitative estimate of drug-likeness (QED) is 0.926. The average Bonchev–Trinajstić information content (AvgIpc) is 2.91. The van der Waals surface area contributed by atoms with Crippen LogP contribution in [0.2, 0.25) is 0 Å². The lowest BCUT2D eigenvalue weighted by Crippen LogP contribution is -2.31. The summed E-state index contributed by atoms with van der Waals surface area (Å²) in [6.45, 7) is -0.0516. The highest BCUT2D eigenvalue weighted by molar-refractivity contribution is 7.89. The Kier molecular flexibility index (Phi) is 3.22. The number of carboxylic acid groups (broad SMARTS) is 1. The fourth-order valence-electron chi connectivity index (χ4n) is 1.86. The molecule has 0 saturated heterocycles. The summed E-state index contributed by atoms with van der Waals surface area (Å²) in [6, 6.07) is 6.44. The van der Waals surface area contributed by atoms with Crippen molar-refractivity contribution >= 4 is 39.4 Å². The average molecular weight is 323 g/mol. The normalized spacial score (nSPS) is 15.7. The lowest BCUT2D eigenvalue weighted by Gasteiger charge is -2.23. The first-order valence-electron chi connectivity index (χ1n) is 5.81. The van der Waals surface area contributed by atoms with E-state index in [1.165, 1.54) is 17.8 Å². The van der Waals surface area contributed by atoms with Crippen molar-refractivity contribution < 1.29 is 18.3 Å². The molecule has 1 N–H and O–H groups in total. The fourth-order valence-corrected chi connectivity index (χ4v) is 3.87. The van der Waals surface area contributed by atoms with Gasteiger partial charge in [0.15, 0.2) is 0 Å². The van der Waals surface area contributed by atoms with E-state index in [1.54, 1.807) is 18.2 Å². The van der Waals surface area contributed by atoms with Crippen LogP contribution in [0.5, 0.6) is 0 Å². The molecule has 0 aliphatic carbocycles. The summed E-state index contributed by atoms with van der Waals surface area (Å²) < 4.78 is 25.9. The Labute approximate surface area is 124 Å². The maximum Gasteiger partial charge on any atom is 0.365 e. The van der Waals surface area contributed by atoms with Gasteiger partial charge in [-0.1, -0.05) is 12.1 Å². The molecule has 21 heavy (non-hydrogen) atoms. The van der Waals surface area contributed by atoms with Crippen molar-refractivity contribution in [3.8, 4) is 0 Å². The zero-order valence-electron chi connectivity index (χ0n) is 10.5. The number of benzene rings is 1. The van der Waals surface area contributed by atoms with E-state index in [4.69, 9.17) is 5.11 Å². The van der Waals surface area contributed by atoms with Gasteiger partial charge in [0, 0.05) is 5.38 Å². The van der Waals surface area contributed by atoms with E-state index in [0.717, 1.165) is 15.6 Å². The number of aromatic nitrogens is 1. The van der Waals surface area contributed by atoms with Crippen LogP contribution in [0.1, 0.15) is 15.5 Å². The first-order valence-corrected chi connectivity index (χ1v) is 8.13. The van der Waals surface area contributed by atoms with Gasteiger partial charge in [-0.2, -0.15) is 0 Å². The molecule has 1 aliphatic heterocycles. The summed E-state index contributed by atoms with van der Waals surface area (Å²) in [6.07, 6.45) is 1.22. The van der Waals surface area contributed by atoms with E-state index in [9.17, 15) is 13.2 Å². The Hall–Kier alpha value is -2.26. The molecule has 3 rings (SSSR count). The SMILES string of the molecule is O=C(O)c1nc(CN2C=Nc3ccccc3S2(=O)=O)cs1. The third-order valence-electron chi connectivity index (χ3n) is 2.83. The highest BCUT2D eigenvalue weighted by atomic mass is 32.2. The number of carboxylic acids is 1. The van der Waals surface area contributed by atoms with E-state index < -0.39 is 16.0 Å².